The molecule has 1 aromatic carbocycles. The SMILES string of the molecule is CCN(C(=O)c1cc2cc(OC)ccc2o1)C1CN(C(C)=O)C2(CCCCC2)C1. The van der Waals surface area contributed by atoms with Crippen molar-refractivity contribution in [3.63, 3.8) is 0 Å². The van der Waals surface area contributed by atoms with Crippen molar-refractivity contribution in [3.8, 4) is 5.75 Å². The fraction of sp³-hybridized carbons (Fsp3) is 0.565. The maximum Gasteiger partial charge on any atom is 0.289 e. The molecule has 29 heavy (non-hydrogen) atoms. The first-order chi connectivity index (χ1) is 14.0. The van der Waals surface area contributed by atoms with Crippen LogP contribution in [-0.4, -0.2) is 53.4 Å². The molecule has 1 aliphatic carbocycles. The van der Waals surface area contributed by atoms with Gasteiger partial charge in [0.1, 0.15) is 11.3 Å². The van der Waals surface area contributed by atoms with Crippen molar-refractivity contribution in [2.24, 2.45) is 0 Å². The van der Waals surface area contributed by atoms with E-state index in [1.165, 1.54) is 6.42 Å². The molecule has 6 heteroatoms. The van der Waals surface area contributed by atoms with Crippen LogP contribution in [0.25, 0.3) is 11.0 Å². The Bertz CT molecular complexity index is 913. The Labute approximate surface area is 171 Å². The second kappa shape index (κ2) is 7.73. The van der Waals surface area contributed by atoms with E-state index in [-0.39, 0.29) is 23.4 Å². The summed E-state index contributed by atoms with van der Waals surface area (Å²) in [7, 11) is 1.62. The maximum atomic E-state index is 13.3. The summed E-state index contributed by atoms with van der Waals surface area (Å²) in [5.41, 5.74) is 0.592. The van der Waals surface area contributed by atoms with E-state index in [0.29, 0.717) is 24.4 Å². The second-order valence-electron chi connectivity index (χ2n) is 8.38. The van der Waals surface area contributed by atoms with Crippen LogP contribution in [0.2, 0.25) is 0 Å². The van der Waals surface area contributed by atoms with Crippen molar-refractivity contribution in [2.75, 3.05) is 20.2 Å². The Morgan fingerprint density at radius 1 is 1.24 bits per heavy atom. The van der Waals surface area contributed by atoms with Crippen molar-refractivity contribution in [1.82, 2.24) is 9.80 Å². The van der Waals surface area contributed by atoms with E-state index in [9.17, 15) is 9.59 Å². The summed E-state index contributed by atoms with van der Waals surface area (Å²) >= 11 is 0. The van der Waals surface area contributed by atoms with Crippen LogP contribution in [0.4, 0.5) is 0 Å². The van der Waals surface area contributed by atoms with Gasteiger partial charge in [-0.25, -0.2) is 0 Å². The van der Waals surface area contributed by atoms with Crippen LogP contribution < -0.4 is 4.74 Å². The minimum atomic E-state index is -0.107. The van der Waals surface area contributed by atoms with Crippen molar-refractivity contribution < 1.29 is 18.7 Å². The standard InChI is InChI=1S/C23H30N2O4/c1-4-24(18-14-23(10-6-5-7-11-23)25(15-18)16(2)26)22(27)21-13-17-12-19(28-3)8-9-20(17)29-21/h8-9,12-13,18H,4-7,10-11,14-15H2,1-3H3. The van der Waals surface area contributed by atoms with Crippen LogP contribution in [-0.2, 0) is 4.79 Å². The predicted molar refractivity (Wildman–Crippen MR) is 111 cm³/mol. The molecule has 2 aromatic rings. The second-order valence-corrected chi connectivity index (χ2v) is 8.38. The fourth-order valence-electron chi connectivity index (χ4n) is 5.34. The molecule has 1 aromatic heterocycles. The third-order valence-corrected chi connectivity index (χ3v) is 6.72. The summed E-state index contributed by atoms with van der Waals surface area (Å²) < 4.78 is 11.1. The van der Waals surface area contributed by atoms with Gasteiger partial charge in [-0.2, -0.15) is 0 Å². The third kappa shape index (κ3) is 3.49. The summed E-state index contributed by atoms with van der Waals surface area (Å²) in [4.78, 5) is 29.6. The van der Waals surface area contributed by atoms with E-state index < -0.39 is 0 Å². The van der Waals surface area contributed by atoms with Gasteiger partial charge in [-0.05, 0) is 50.5 Å². The van der Waals surface area contributed by atoms with Crippen molar-refractivity contribution in [3.05, 3.63) is 30.0 Å². The largest absolute Gasteiger partial charge is 0.497 e. The summed E-state index contributed by atoms with van der Waals surface area (Å²) in [5.74, 6) is 1.09. The Balaban J connectivity index is 1.60. The van der Waals surface area contributed by atoms with E-state index in [2.05, 4.69) is 0 Å². The first-order valence-electron chi connectivity index (χ1n) is 10.6. The molecule has 1 atom stereocenters. The summed E-state index contributed by atoms with van der Waals surface area (Å²) in [6.07, 6.45) is 6.49. The van der Waals surface area contributed by atoms with Crippen LogP contribution >= 0.6 is 0 Å². The number of nitrogens with zero attached hydrogens (tertiary/aromatic N) is 2. The van der Waals surface area contributed by atoms with Gasteiger partial charge < -0.3 is 19.0 Å². The number of hydrogen-bond donors (Lipinski definition) is 0. The quantitative estimate of drug-likeness (QED) is 0.773. The Morgan fingerprint density at radius 2 is 2.00 bits per heavy atom. The topological polar surface area (TPSA) is 63.0 Å². The number of rotatable bonds is 4. The van der Waals surface area contributed by atoms with Crippen molar-refractivity contribution >= 4 is 22.8 Å². The lowest BCUT2D eigenvalue weighted by Gasteiger charge is -2.41. The van der Waals surface area contributed by atoms with Gasteiger partial charge in [0.2, 0.25) is 5.91 Å². The zero-order chi connectivity index (χ0) is 20.6. The number of likely N-dealkylation sites (N-methyl/N-ethyl adjacent to an activating group) is 1. The fourth-order valence-corrected chi connectivity index (χ4v) is 5.34. The molecule has 1 aliphatic heterocycles. The molecule has 6 nitrogen and oxygen atoms in total. The van der Waals surface area contributed by atoms with E-state index in [1.54, 1.807) is 20.1 Å². The zero-order valence-corrected chi connectivity index (χ0v) is 17.6. The number of benzene rings is 1. The van der Waals surface area contributed by atoms with E-state index in [4.69, 9.17) is 9.15 Å². The number of carbonyl (C=O) groups excluding carboxylic acids is 2. The number of hydrogen-bond acceptors (Lipinski definition) is 4. The number of fused-ring (bicyclic) bond motifs is 1. The van der Waals surface area contributed by atoms with E-state index in [0.717, 1.165) is 43.2 Å². The first kappa shape index (κ1) is 19.8. The van der Waals surface area contributed by atoms with Gasteiger partial charge in [-0.1, -0.05) is 19.3 Å². The van der Waals surface area contributed by atoms with Gasteiger partial charge in [-0.15, -0.1) is 0 Å². The van der Waals surface area contributed by atoms with Gasteiger partial charge in [0, 0.05) is 30.9 Å². The Morgan fingerprint density at radius 3 is 2.66 bits per heavy atom. The van der Waals surface area contributed by atoms with Gasteiger partial charge in [-0.3, -0.25) is 9.59 Å². The highest BCUT2D eigenvalue weighted by molar-refractivity contribution is 5.96. The first-order valence-corrected chi connectivity index (χ1v) is 10.6. The minimum absolute atomic E-state index is 0.0252. The lowest BCUT2D eigenvalue weighted by molar-refractivity contribution is -0.134. The molecule has 0 bridgehead atoms. The van der Waals surface area contributed by atoms with Crippen LogP contribution in [0.1, 0.15) is 62.9 Å². The highest BCUT2D eigenvalue weighted by atomic mass is 16.5. The molecular weight excluding hydrogens is 368 g/mol. The highest BCUT2D eigenvalue weighted by Gasteiger charge is 2.49. The normalized spacial score (nSPS) is 20.9. The molecule has 1 unspecified atom stereocenters. The highest BCUT2D eigenvalue weighted by Crippen LogP contribution is 2.43. The summed E-state index contributed by atoms with van der Waals surface area (Å²) in [6, 6.07) is 7.34. The van der Waals surface area contributed by atoms with Gasteiger partial charge in [0.25, 0.3) is 5.91 Å². The van der Waals surface area contributed by atoms with E-state index >= 15 is 0 Å². The minimum Gasteiger partial charge on any atom is -0.497 e. The molecule has 1 spiro atoms. The smallest absolute Gasteiger partial charge is 0.289 e. The number of amides is 2. The van der Waals surface area contributed by atoms with Crippen LogP contribution in [0.5, 0.6) is 5.75 Å². The number of likely N-dealkylation sites (tertiary alicyclic amines) is 1. The molecule has 4 rings (SSSR count). The van der Waals surface area contributed by atoms with E-state index in [1.807, 2.05) is 34.9 Å². The summed E-state index contributed by atoms with van der Waals surface area (Å²) in [6.45, 7) is 4.85. The van der Waals surface area contributed by atoms with Gasteiger partial charge >= 0.3 is 0 Å². The van der Waals surface area contributed by atoms with Gasteiger partial charge in [0.05, 0.1) is 13.2 Å². The monoisotopic (exact) mass is 398 g/mol. The number of carbonyl (C=O) groups is 2. The third-order valence-electron chi connectivity index (χ3n) is 6.72. The molecule has 2 amide bonds. The number of furan rings is 1. The molecule has 0 radical (unpaired) electrons. The van der Waals surface area contributed by atoms with Crippen molar-refractivity contribution in [1.29, 1.82) is 0 Å². The van der Waals surface area contributed by atoms with Crippen molar-refractivity contribution in [2.45, 2.75) is 64.0 Å². The summed E-state index contributed by atoms with van der Waals surface area (Å²) in [5, 5.41) is 0.851. The number of methoxy groups -OCH3 is 1. The molecular formula is C23H30N2O4. The zero-order valence-electron chi connectivity index (χ0n) is 17.6. The average molecular weight is 399 g/mol. The molecule has 2 heterocycles. The molecule has 2 aliphatic rings. The Hall–Kier alpha value is -2.50. The van der Waals surface area contributed by atoms with Crippen LogP contribution in [0, 0.1) is 0 Å². The molecule has 0 N–H and O–H groups in total. The number of ether oxygens (including phenoxy) is 1. The maximum absolute atomic E-state index is 13.3. The molecule has 1 saturated heterocycles. The van der Waals surface area contributed by atoms with Crippen LogP contribution in [0.3, 0.4) is 0 Å². The average Bonchev–Trinajstić information content (AvgIpc) is 3.30. The molecule has 1 saturated carbocycles. The molecule has 2 fully saturated rings. The molecule has 156 valence electrons. The van der Waals surface area contributed by atoms with Gasteiger partial charge in [0.15, 0.2) is 5.76 Å². The van der Waals surface area contributed by atoms with Crippen LogP contribution in [0.15, 0.2) is 28.7 Å². The predicted octanol–water partition coefficient (Wildman–Crippen LogP) is 4.23. The lowest BCUT2D eigenvalue weighted by atomic mass is 9.79. The lowest BCUT2D eigenvalue weighted by Crippen LogP contribution is -2.47. The Kier molecular flexibility index (Phi) is 5.28.